The summed E-state index contributed by atoms with van der Waals surface area (Å²) in [6.07, 6.45) is 2.76. The summed E-state index contributed by atoms with van der Waals surface area (Å²) < 4.78 is 2.59. The van der Waals surface area contributed by atoms with Gasteiger partial charge >= 0.3 is 5.69 Å². The van der Waals surface area contributed by atoms with Crippen LogP contribution in [0.1, 0.15) is 40.0 Å². The van der Waals surface area contributed by atoms with E-state index in [2.05, 4.69) is 19.2 Å². The average molecular weight is 282 g/mol. The minimum absolute atomic E-state index is 0.246. The van der Waals surface area contributed by atoms with Crippen LogP contribution in [0.5, 0.6) is 0 Å². The molecule has 0 aliphatic carbocycles. The molecule has 0 fully saturated rings. The van der Waals surface area contributed by atoms with Crippen LogP contribution >= 0.6 is 0 Å². The molecule has 0 bridgehead atoms. The first-order valence-corrected chi connectivity index (χ1v) is 7.23. The molecule has 1 rings (SSSR count). The van der Waals surface area contributed by atoms with Gasteiger partial charge in [-0.3, -0.25) is 13.9 Å². The van der Waals surface area contributed by atoms with E-state index in [9.17, 15) is 9.59 Å². The number of nitrogens with zero attached hydrogens (tertiary/aromatic N) is 2. The summed E-state index contributed by atoms with van der Waals surface area (Å²) in [5.74, 6) is 0.786. The Morgan fingerprint density at radius 1 is 1.30 bits per heavy atom. The van der Waals surface area contributed by atoms with Gasteiger partial charge in [-0.1, -0.05) is 27.2 Å². The van der Waals surface area contributed by atoms with E-state index < -0.39 is 0 Å². The summed E-state index contributed by atoms with van der Waals surface area (Å²) in [4.78, 5) is 24.2. The monoisotopic (exact) mass is 282 g/mol. The van der Waals surface area contributed by atoms with Gasteiger partial charge in [0.1, 0.15) is 11.5 Å². The van der Waals surface area contributed by atoms with E-state index in [-0.39, 0.29) is 17.1 Å². The summed E-state index contributed by atoms with van der Waals surface area (Å²) in [5, 5.41) is 3.08. The van der Waals surface area contributed by atoms with Crippen molar-refractivity contribution in [2.45, 2.75) is 46.6 Å². The molecule has 114 valence electrons. The zero-order chi connectivity index (χ0) is 15.3. The molecule has 0 saturated heterocycles. The molecule has 1 heterocycles. The molecule has 1 aromatic rings. The lowest BCUT2D eigenvalue weighted by Gasteiger charge is -2.16. The van der Waals surface area contributed by atoms with Crippen LogP contribution in [0.4, 0.5) is 11.5 Å². The van der Waals surface area contributed by atoms with Crippen LogP contribution in [0.15, 0.2) is 9.59 Å². The first-order valence-electron chi connectivity index (χ1n) is 7.23. The number of anilines is 2. The Balaban J connectivity index is 3.13. The zero-order valence-electron chi connectivity index (χ0n) is 12.9. The Morgan fingerprint density at radius 3 is 2.50 bits per heavy atom. The number of aromatic nitrogens is 2. The highest BCUT2D eigenvalue weighted by Gasteiger charge is 2.14. The van der Waals surface area contributed by atoms with E-state index in [0.29, 0.717) is 24.7 Å². The predicted molar refractivity (Wildman–Crippen MR) is 83.2 cm³/mol. The van der Waals surface area contributed by atoms with Gasteiger partial charge in [-0.15, -0.1) is 0 Å². The number of rotatable bonds is 7. The molecule has 20 heavy (non-hydrogen) atoms. The van der Waals surface area contributed by atoms with Gasteiger partial charge in [-0.2, -0.15) is 0 Å². The van der Waals surface area contributed by atoms with Crippen LogP contribution < -0.4 is 22.3 Å². The average Bonchev–Trinajstić information content (AvgIpc) is 2.40. The Labute approximate surface area is 119 Å². The Bertz CT molecular complexity index is 558. The maximum atomic E-state index is 12.1. The van der Waals surface area contributed by atoms with Crippen molar-refractivity contribution in [3.8, 4) is 0 Å². The van der Waals surface area contributed by atoms with Crippen LogP contribution in [0.3, 0.4) is 0 Å². The first kappa shape index (κ1) is 16.3. The van der Waals surface area contributed by atoms with E-state index in [1.165, 1.54) is 11.6 Å². The minimum Gasteiger partial charge on any atom is -0.383 e. The van der Waals surface area contributed by atoms with E-state index in [0.717, 1.165) is 23.8 Å². The van der Waals surface area contributed by atoms with E-state index >= 15 is 0 Å². The maximum Gasteiger partial charge on any atom is 0.332 e. The van der Waals surface area contributed by atoms with Crippen LogP contribution in [-0.4, -0.2) is 15.7 Å². The summed E-state index contributed by atoms with van der Waals surface area (Å²) in [6.45, 7) is 7.48. The topological polar surface area (TPSA) is 82.0 Å². The van der Waals surface area contributed by atoms with Crippen molar-refractivity contribution in [2.75, 3.05) is 17.6 Å². The second kappa shape index (κ2) is 7.17. The third kappa shape index (κ3) is 3.65. The summed E-state index contributed by atoms with van der Waals surface area (Å²) in [7, 11) is 1.49. The predicted octanol–water partition coefficient (Wildman–Crippen LogP) is 1.39. The highest BCUT2D eigenvalue weighted by Crippen LogP contribution is 2.12. The van der Waals surface area contributed by atoms with E-state index in [1.807, 2.05) is 6.92 Å². The molecule has 0 atom stereocenters. The Kier molecular flexibility index (Phi) is 5.85. The number of nitrogens with one attached hydrogen (secondary N) is 1. The molecule has 3 N–H and O–H groups in total. The molecular weight excluding hydrogens is 256 g/mol. The van der Waals surface area contributed by atoms with Gasteiger partial charge in [-0.05, 0) is 18.8 Å². The molecule has 0 radical (unpaired) electrons. The summed E-state index contributed by atoms with van der Waals surface area (Å²) in [5.41, 5.74) is 5.63. The first-order chi connectivity index (χ1) is 9.40. The number of unbranched alkanes of at least 4 members (excludes halogenated alkanes) is 1. The second-order valence-electron chi connectivity index (χ2n) is 5.52. The lowest BCUT2D eigenvalue weighted by molar-refractivity contribution is 0.573. The summed E-state index contributed by atoms with van der Waals surface area (Å²) >= 11 is 0. The van der Waals surface area contributed by atoms with E-state index in [1.54, 1.807) is 0 Å². The van der Waals surface area contributed by atoms with Crippen LogP contribution in [0.2, 0.25) is 0 Å². The third-order valence-corrected chi connectivity index (χ3v) is 3.34. The molecule has 0 unspecified atom stereocenters. The molecule has 0 amide bonds. The SMILES string of the molecule is CCCCn1c(N)c(NCCC(C)C)c(=O)n(C)c1=O. The van der Waals surface area contributed by atoms with Gasteiger partial charge in [-0.25, -0.2) is 4.79 Å². The van der Waals surface area contributed by atoms with Crippen LogP contribution in [-0.2, 0) is 13.6 Å². The molecule has 6 nitrogen and oxygen atoms in total. The Morgan fingerprint density at radius 2 is 1.95 bits per heavy atom. The lowest BCUT2D eigenvalue weighted by Crippen LogP contribution is -2.41. The molecule has 6 heteroatoms. The number of hydrogen-bond acceptors (Lipinski definition) is 4. The number of nitrogen functional groups attached to an aromatic ring is 1. The van der Waals surface area contributed by atoms with Crippen molar-refractivity contribution in [1.29, 1.82) is 0 Å². The molecule has 0 saturated carbocycles. The fraction of sp³-hybridized carbons (Fsp3) is 0.714. The summed E-state index contributed by atoms with van der Waals surface area (Å²) in [6, 6.07) is 0. The Hall–Kier alpha value is -1.72. The highest BCUT2D eigenvalue weighted by molar-refractivity contribution is 5.60. The van der Waals surface area contributed by atoms with Crippen molar-refractivity contribution in [2.24, 2.45) is 13.0 Å². The zero-order valence-corrected chi connectivity index (χ0v) is 12.9. The van der Waals surface area contributed by atoms with Gasteiger partial charge in [0.15, 0.2) is 0 Å². The number of nitrogens with two attached hydrogens (primary N) is 1. The van der Waals surface area contributed by atoms with Crippen molar-refractivity contribution >= 4 is 11.5 Å². The lowest BCUT2D eigenvalue weighted by atomic mass is 10.1. The standard InChI is InChI=1S/C14H26N4O2/c1-5-6-9-18-12(15)11(16-8-7-10(2)3)13(19)17(4)14(18)20/h10,16H,5-9,15H2,1-4H3. The largest absolute Gasteiger partial charge is 0.383 e. The van der Waals surface area contributed by atoms with Crippen LogP contribution in [0, 0.1) is 5.92 Å². The van der Waals surface area contributed by atoms with Gasteiger partial charge in [0.2, 0.25) is 0 Å². The molecule has 0 aliphatic rings. The second-order valence-corrected chi connectivity index (χ2v) is 5.52. The fourth-order valence-corrected chi connectivity index (χ4v) is 1.97. The molecule has 0 aromatic carbocycles. The van der Waals surface area contributed by atoms with Crippen molar-refractivity contribution in [1.82, 2.24) is 9.13 Å². The van der Waals surface area contributed by atoms with Gasteiger partial charge in [0, 0.05) is 20.1 Å². The van der Waals surface area contributed by atoms with Crippen molar-refractivity contribution < 1.29 is 0 Å². The quantitative estimate of drug-likeness (QED) is 0.791. The van der Waals surface area contributed by atoms with E-state index in [4.69, 9.17) is 5.73 Å². The molecular formula is C14H26N4O2. The highest BCUT2D eigenvalue weighted by atomic mass is 16.2. The molecule has 0 aliphatic heterocycles. The van der Waals surface area contributed by atoms with Crippen molar-refractivity contribution in [3.05, 3.63) is 20.8 Å². The van der Waals surface area contributed by atoms with Crippen LogP contribution in [0.25, 0.3) is 0 Å². The fourth-order valence-electron chi connectivity index (χ4n) is 1.97. The number of hydrogen-bond donors (Lipinski definition) is 2. The van der Waals surface area contributed by atoms with Gasteiger partial charge in [0.05, 0.1) is 0 Å². The van der Waals surface area contributed by atoms with Gasteiger partial charge in [0.25, 0.3) is 5.56 Å². The normalized spacial score (nSPS) is 11.1. The minimum atomic E-state index is -0.357. The third-order valence-electron chi connectivity index (χ3n) is 3.34. The smallest absolute Gasteiger partial charge is 0.332 e. The van der Waals surface area contributed by atoms with Gasteiger partial charge < -0.3 is 11.1 Å². The van der Waals surface area contributed by atoms with Crippen molar-refractivity contribution in [3.63, 3.8) is 0 Å². The molecule has 1 aromatic heterocycles. The molecule has 0 spiro atoms. The maximum absolute atomic E-state index is 12.1.